The van der Waals surface area contributed by atoms with Crippen LogP contribution in [0.4, 0.5) is 14.9 Å². The van der Waals surface area contributed by atoms with E-state index >= 15 is 0 Å². The molecule has 2 aliphatic heterocycles. The maximum Gasteiger partial charge on any atom is 0.293 e. The zero-order valence-electron chi connectivity index (χ0n) is 17.0. The second-order valence-electron chi connectivity index (χ2n) is 7.31. The first-order valence-electron chi connectivity index (χ1n) is 10.1. The van der Waals surface area contributed by atoms with Crippen LogP contribution in [0.1, 0.15) is 28.8 Å². The van der Waals surface area contributed by atoms with Gasteiger partial charge in [-0.1, -0.05) is 18.2 Å². The third-order valence-electron chi connectivity index (χ3n) is 5.20. The van der Waals surface area contributed by atoms with Gasteiger partial charge in [0.2, 0.25) is 5.91 Å². The smallest absolute Gasteiger partial charge is 0.293 e. The Kier molecular flexibility index (Phi) is 6.36. The fourth-order valence-corrected chi connectivity index (χ4v) is 4.38. The maximum atomic E-state index is 13.8. The summed E-state index contributed by atoms with van der Waals surface area (Å²) >= 11 is 0.741. The summed E-state index contributed by atoms with van der Waals surface area (Å²) < 4.78 is 13.8. The first kappa shape index (κ1) is 21.8. The molecule has 2 aromatic rings. The van der Waals surface area contributed by atoms with Crippen LogP contribution in [0.2, 0.25) is 0 Å². The summed E-state index contributed by atoms with van der Waals surface area (Å²) in [5.74, 6) is -1.27. The number of carbonyl (C=O) groups is 4. The molecule has 4 rings (SSSR count). The Labute approximate surface area is 188 Å². The lowest BCUT2D eigenvalue weighted by Crippen LogP contribution is -2.37. The van der Waals surface area contributed by atoms with Crippen molar-refractivity contribution in [3.05, 3.63) is 70.4 Å². The lowest BCUT2D eigenvalue weighted by Gasteiger charge is -2.16. The molecule has 7 nitrogen and oxygen atoms in total. The zero-order chi connectivity index (χ0) is 22.7. The van der Waals surface area contributed by atoms with E-state index in [1.165, 1.54) is 18.2 Å². The van der Waals surface area contributed by atoms with Gasteiger partial charge < -0.3 is 10.2 Å². The molecule has 0 aliphatic carbocycles. The number of thioether (sulfide) groups is 1. The number of halogens is 1. The molecule has 0 saturated carbocycles. The van der Waals surface area contributed by atoms with Crippen molar-refractivity contribution in [1.29, 1.82) is 0 Å². The molecular formula is C23H20FN3O4S. The molecule has 4 amide bonds. The number of rotatable bonds is 6. The van der Waals surface area contributed by atoms with Crippen LogP contribution < -0.4 is 10.2 Å². The van der Waals surface area contributed by atoms with Crippen LogP contribution in [0.25, 0.3) is 6.08 Å². The van der Waals surface area contributed by atoms with Crippen LogP contribution in [-0.4, -0.2) is 47.5 Å². The SMILES string of the molecule is O=C(NCCN1C(=O)S/C(=C/c2ccccc2F)C1=O)c1ccc(N2CCCC2=O)cc1. The van der Waals surface area contributed by atoms with Crippen molar-refractivity contribution in [3.63, 3.8) is 0 Å². The summed E-state index contributed by atoms with van der Waals surface area (Å²) in [7, 11) is 0. The van der Waals surface area contributed by atoms with Crippen LogP contribution in [0.5, 0.6) is 0 Å². The normalized spacial score (nSPS) is 17.5. The average molecular weight is 453 g/mol. The van der Waals surface area contributed by atoms with E-state index in [4.69, 9.17) is 0 Å². The van der Waals surface area contributed by atoms with Gasteiger partial charge >= 0.3 is 0 Å². The number of nitrogens with zero attached hydrogens (tertiary/aromatic N) is 2. The molecule has 2 heterocycles. The van der Waals surface area contributed by atoms with E-state index in [0.717, 1.165) is 28.8 Å². The molecule has 2 saturated heterocycles. The molecule has 0 aromatic heterocycles. The Hall–Kier alpha value is -3.46. The molecule has 1 N–H and O–H groups in total. The minimum atomic E-state index is -0.517. The highest BCUT2D eigenvalue weighted by Gasteiger charge is 2.34. The minimum Gasteiger partial charge on any atom is -0.350 e. The number of anilines is 1. The lowest BCUT2D eigenvalue weighted by molar-refractivity contribution is -0.122. The first-order valence-corrected chi connectivity index (χ1v) is 10.9. The van der Waals surface area contributed by atoms with Crippen molar-refractivity contribution in [2.45, 2.75) is 12.8 Å². The van der Waals surface area contributed by atoms with Gasteiger partial charge in [-0.15, -0.1) is 0 Å². The summed E-state index contributed by atoms with van der Waals surface area (Å²) in [4.78, 5) is 51.8. The molecule has 0 atom stereocenters. The molecule has 164 valence electrons. The molecule has 32 heavy (non-hydrogen) atoms. The largest absolute Gasteiger partial charge is 0.350 e. The molecule has 0 spiro atoms. The van der Waals surface area contributed by atoms with Crippen molar-refractivity contribution in [1.82, 2.24) is 10.2 Å². The predicted molar refractivity (Wildman–Crippen MR) is 119 cm³/mol. The molecule has 2 aromatic carbocycles. The van der Waals surface area contributed by atoms with E-state index < -0.39 is 17.0 Å². The molecule has 0 unspecified atom stereocenters. The van der Waals surface area contributed by atoms with Crippen molar-refractivity contribution in [3.8, 4) is 0 Å². The molecular weight excluding hydrogens is 433 g/mol. The third kappa shape index (κ3) is 4.57. The third-order valence-corrected chi connectivity index (χ3v) is 6.11. The molecule has 0 bridgehead atoms. The number of hydrogen-bond donors (Lipinski definition) is 1. The van der Waals surface area contributed by atoms with E-state index in [9.17, 15) is 23.6 Å². The van der Waals surface area contributed by atoms with Crippen molar-refractivity contribution >= 4 is 46.5 Å². The number of imide groups is 1. The van der Waals surface area contributed by atoms with Gasteiger partial charge in [-0.25, -0.2) is 4.39 Å². The number of amides is 4. The van der Waals surface area contributed by atoms with Crippen LogP contribution in [-0.2, 0) is 9.59 Å². The standard InChI is InChI=1S/C23H20FN3O4S/c24-18-5-2-1-4-16(18)14-19-22(30)27(23(31)32-19)13-11-25-21(29)15-7-9-17(10-8-15)26-12-3-6-20(26)28/h1-2,4-5,7-10,14H,3,6,11-13H2,(H,25,29)/b19-14+. The quantitative estimate of drug-likeness (QED) is 0.678. The highest BCUT2D eigenvalue weighted by atomic mass is 32.2. The molecule has 2 fully saturated rings. The Morgan fingerprint density at radius 3 is 2.53 bits per heavy atom. The average Bonchev–Trinajstić information content (AvgIpc) is 3.33. The van der Waals surface area contributed by atoms with Crippen LogP contribution in [0.3, 0.4) is 0 Å². The lowest BCUT2D eigenvalue weighted by atomic mass is 10.2. The minimum absolute atomic E-state index is 0.00534. The Morgan fingerprint density at radius 1 is 1.09 bits per heavy atom. The van der Waals surface area contributed by atoms with Gasteiger partial charge in [0.15, 0.2) is 0 Å². The Balaban J connectivity index is 1.32. The van der Waals surface area contributed by atoms with Gasteiger partial charge in [0, 0.05) is 42.9 Å². The fraction of sp³-hybridized carbons (Fsp3) is 0.217. The van der Waals surface area contributed by atoms with E-state index in [0.29, 0.717) is 18.5 Å². The van der Waals surface area contributed by atoms with E-state index in [1.807, 2.05) is 0 Å². The number of benzene rings is 2. The predicted octanol–water partition coefficient (Wildman–Crippen LogP) is 3.42. The second-order valence-corrected chi connectivity index (χ2v) is 8.30. The topological polar surface area (TPSA) is 86.8 Å². The number of nitrogens with one attached hydrogen (secondary N) is 1. The van der Waals surface area contributed by atoms with Gasteiger partial charge in [0.1, 0.15) is 5.82 Å². The molecule has 9 heteroatoms. The summed E-state index contributed by atoms with van der Waals surface area (Å²) in [6.45, 7) is 0.759. The van der Waals surface area contributed by atoms with Gasteiger partial charge in [-0.05, 0) is 54.6 Å². The molecule has 0 radical (unpaired) electrons. The van der Waals surface area contributed by atoms with E-state index in [1.54, 1.807) is 41.3 Å². The fourth-order valence-electron chi connectivity index (χ4n) is 3.52. The van der Waals surface area contributed by atoms with Gasteiger partial charge in [0.25, 0.3) is 17.1 Å². The summed E-state index contributed by atoms with van der Waals surface area (Å²) in [5, 5.41) is 2.22. The van der Waals surface area contributed by atoms with Gasteiger partial charge in [-0.3, -0.25) is 24.1 Å². The van der Waals surface area contributed by atoms with Crippen LogP contribution >= 0.6 is 11.8 Å². The maximum absolute atomic E-state index is 13.8. The van der Waals surface area contributed by atoms with Gasteiger partial charge in [-0.2, -0.15) is 0 Å². The Morgan fingerprint density at radius 2 is 1.84 bits per heavy atom. The van der Waals surface area contributed by atoms with Crippen LogP contribution in [0.15, 0.2) is 53.4 Å². The van der Waals surface area contributed by atoms with Gasteiger partial charge in [0.05, 0.1) is 4.91 Å². The van der Waals surface area contributed by atoms with Crippen molar-refractivity contribution in [2.24, 2.45) is 0 Å². The Bertz CT molecular complexity index is 1120. The number of carbonyl (C=O) groups excluding carboxylic acids is 4. The second kappa shape index (κ2) is 9.35. The zero-order valence-corrected chi connectivity index (χ0v) is 17.9. The monoisotopic (exact) mass is 453 g/mol. The first-order chi connectivity index (χ1) is 15.4. The number of hydrogen-bond acceptors (Lipinski definition) is 5. The highest BCUT2D eigenvalue weighted by Crippen LogP contribution is 2.32. The summed E-state index contributed by atoms with van der Waals surface area (Å²) in [5.41, 5.74) is 1.39. The molecule has 2 aliphatic rings. The highest BCUT2D eigenvalue weighted by molar-refractivity contribution is 8.18. The van der Waals surface area contributed by atoms with E-state index in [-0.39, 0.29) is 35.4 Å². The van der Waals surface area contributed by atoms with E-state index in [2.05, 4.69) is 5.32 Å². The summed E-state index contributed by atoms with van der Waals surface area (Å²) in [6, 6.07) is 12.7. The summed E-state index contributed by atoms with van der Waals surface area (Å²) in [6.07, 6.45) is 2.71. The van der Waals surface area contributed by atoms with Crippen molar-refractivity contribution < 1.29 is 23.6 Å². The van der Waals surface area contributed by atoms with Crippen LogP contribution in [0, 0.1) is 5.82 Å². The van der Waals surface area contributed by atoms with Crippen molar-refractivity contribution in [2.75, 3.05) is 24.5 Å².